The third-order valence-corrected chi connectivity index (χ3v) is 5.05. The second-order valence-electron chi connectivity index (χ2n) is 5.05. The van der Waals surface area contributed by atoms with Crippen LogP contribution in [0.5, 0.6) is 0 Å². The fourth-order valence-electron chi connectivity index (χ4n) is 2.52. The molecule has 0 aromatic heterocycles. The highest BCUT2D eigenvalue weighted by Gasteiger charge is 2.41. The molecule has 0 bridgehead atoms. The number of carbonyl (C=O) groups is 1. The monoisotopic (exact) mass is 349 g/mol. The molecule has 0 radical (unpaired) electrons. The molecule has 1 aromatic rings. The minimum atomic E-state index is -0.499. The number of esters is 1. The first kappa shape index (κ1) is 16.4. The van der Waals surface area contributed by atoms with Crippen molar-refractivity contribution in [1.29, 1.82) is 0 Å². The van der Waals surface area contributed by atoms with E-state index in [1.807, 2.05) is 6.92 Å². The summed E-state index contributed by atoms with van der Waals surface area (Å²) in [6.07, 6.45) is 2.92. The van der Waals surface area contributed by atoms with Gasteiger partial charge in [0.05, 0.1) is 31.9 Å². The van der Waals surface area contributed by atoms with E-state index in [1.165, 1.54) is 38.3 Å². The Labute approximate surface area is 143 Å². The maximum Gasteiger partial charge on any atom is 0.342 e. The van der Waals surface area contributed by atoms with Crippen LogP contribution in [0, 0.1) is 5.82 Å². The second kappa shape index (κ2) is 6.56. The van der Waals surface area contributed by atoms with Crippen molar-refractivity contribution in [2.75, 3.05) is 19.1 Å². The molecule has 0 amide bonds. The van der Waals surface area contributed by atoms with E-state index in [2.05, 4.69) is 5.10 Å². The molecule has 0 N–H and O–H groups in total. The minimum Gasteiger partial charge on any atom is -0.503 e. The zero-order valence-corrected chi connectivity index (χ0v) is 14.2. The number of halogens is 1. The molecule has 3 rings (SSSR count). The van der Waals surface area contributed by atoms with Gasteiger partial charge in [-0.05, 0) is 19.1 Å². The second-order valence-corrected chi connectivity index (χ2v) is 6.12. The number of carbonyl (C=O) groups excluding carboxylic acids is 1. The van der Waals surface area contributed by atoms with Gasteiger partial charge in [-0.2, -0.15) is 5.10 Å². The summed E-state index contributed by atoms with van der Waals surface area (Å²) in [6, 6.07) is 6.49. The molecule has 6 nitrogen and oxygen atoms in total. The van der Waals surface area contributed by atoms with Gasteiger partial charge in [-0.1, -0.05) is 23.9 Å². The molecule has 2 aliphatic heterocycles. The highest BCUT2D eigenvalue weighted by Crippen LogP contribution is 2.46. The van der Waals surface area contributed by atoms with Gasteiger partial charge in [-0.25, -0.2) is 14.2 Å². The maximum atomic E-state index is 14.1. The minimum absolute atomic E-state index is 0.304. The normalized spacial score (nSPS) is 19.8. The molecule has 0 aliphatic carbocycles. The summed E-state index contributed by atoms with van der Waals surface area (Å²) in [5, 5.41) is 6.06. The topological polar surface area (TPSA) is 54.4 Å². The van der Waals surface area contributed by atoms with Crippen molar-refractivity contribution in [1.82, 2.24) is 5.01 Å². The van der Waals surface area contributed by atoms with E-state index in [0.29, 0.717) is 16.2 Å². The van der Waals surface area contributed by atoms with E-state index in [4.69, 9.17) is 9.47 Å². The first-order valence-electron chi connectivity index (χ1n) is 7.14. The Hall–Kier alpha value is -2.48. The van der Waals surface area contributed by atoms with Gasteiger partial charge in [0.15, 0.2) is 5.50 Å². The Morgan fingerprint density at radius 3 is 2.79 bits per heavy atom. The molecule has 8 heteroatoms. The van der Waals surface area contributed by atoms with Crippen LogP contribution in [-0.2, 0) is 14.3 Å². The molecule has 1 atom stereocenters. The molecule has 1 aromatic carbocycles. The van der Waals surface area contributed by atoms with Crippen LogP contribution in [-0.4, -0.2) is 37.0 Å². The lowest BCUT2D eigenvalue weighted by Gasteiger charge is -2.24. The summed E-state index contributed by atoms with van der Waals surface area (Å²) in [4.78, 5) is 14.4. The van der Waals surface area contributed by atoms with Crippen molar-refractivity contribution in [2.24, 2.45) is 5.10 Å². The van der Waals surface area contributed by atoms with Gasteiger partial charge in [0, 0.05) is 4.91 Å². The highest BCUT2D eigenvalue weighted by atomic mass is 32.2. The Bertz CT molecular complexity index is 763. The van der Waals surface area contributed by atoms with E-state index in [1.54, 1.807) is 34.4 Å². The van der Waals surface area contributed by atoms with Gasteiger partial charge in [0.2, 0.25) is 0 Å². The van der Waals surface area contributed by atoms with E-state index in [0.717, 1.165) is 5.70 Å². The van der Waals surface area contributed by atoms with Crippen molar-refractivity contribution < 1.29 is 18.7 Å². The number of hydrogen-bond acceptors (Lipinski definition) is 7. The molecule has 1 unspecified atom stereocenters. The van der Waals surface area contributed by atoms with Crippen molar-refractivity contribution in [2.45, 2.75) is 12.4 Å². The van der Waals surface area contributed by atoms with Gasteiger partial charge >= 0.3 is 5.97 Å². The predicted molar refractivity (Wildman–Crippen MR) is 90.4 cm³/mol. The fraction of sp³-hybridized carbons (Fsp3) is 0.250. The first-order chi connectivity index (χ1) is 11.6. The summed E-state index contributed by atoms with van der Waals surface area (Å²) in [5.74, 6) is -0.834. The molecule has 126 valence electrons. The van der Waals surface area contributed by atoms with Crippen LogP contribution in [0.15, 0.2) is 51.8 Å². The molecule has 0 fully saturated rings. The summed E-state index contributed by atoms with van der Waals surface area (Å²) < 4.78 is 23.9. The van der Waals surface area contributed by atoms with Crippen molar-refractivity contribution in [3.8, 4) is 0 Å². The van der Waals surface area contributed by atoms with Crippen molar-refractivity contribution in [3.63, 3.8) is 0 Å². The van der Waals surface area contributed by atoms with E-state index < -0.39 is 5.97 Å². The van der Waals surface area contributed by atoms with Gasteiger partial charge in [0.25, 0.3) is 0 Å². The smallest absolute Gasteiger partial charge is 0.342 e. The number of hydrazone groups is 1. The van der Waals surface area contributed by atoms with E-state index in [-0.39, 0.29) is 11.3 Å². The molecular formula is C16H16FN3O3S. The number of fused-ring (bicyclic) bond motifs is 1. The molecule has 0 saturated heterocycles. The number of para-hydroxylation sites is 1. The van der Waals surface area contributed by atoms with E-state index >= 15 is 0 Å². The molecule has 0 saturated carbocycles. The van der Waals surface area contributed by atoms with Crippen LogP contribution < -0.4 is 4.90 Å². The third-order valence-electron chi connectivity index (χ3n) is 3.66. The standard InChI is InChI=1S/C16H16FN3O3S/c1-10-14(11(8-22-2)15(21)23-3)24-16-19(9-18-20(10)16)13-7-5-4-6-12(13)17/h4-9,16H,1-3H3. The third kappa shape index (κ3) is 2.62. The van der Waals surface area contributed by atoms with Crippen LogP contribution >= 0.6 is 11.8 Å². The number of thioether (sulfide) groups is 1. The number of ether oxygens (including phenoxy) is 2. The van der Waals surface area contributed by atoms with Crippen LogP contribution in [0.3, 0.4) is 0 Å². The quantitative estimate of drug-likeness (QED) is 0.473. The number of rotatable bonds is 4. The van der Waals surface area contributed by atoms with Gasteiger partial charge in [-0.15, -0.1) is 0 Å². The Morgan fingerprint density at radius 1 is 1.38 bits per heavy atom. The number of allylic oxidation sites excluding steroid dienone is 1. The number of anilines is 1. The van der Waals surface area contributed by atoms with Crippen LogP contribution in [0.25, 0.3) is 0 Å². The fourth-order valence-corrected chi connectivity index (χ4v) is 3.85. The van der Waals surface area contributed by atoms with Crippen LogP contribution in [0.1, 0.15) is 6.92 Å². The average molecular weight is 349 g/mol. The van der Waals surface area contributed by atoms with E-state index in [9.17, 15) is 9.18 Å². The number of nitrogens with zero attached hydrogens (tertiary/aromatic N) is 3. The molecule has 2 heterocycles. The number of methoxy groups -OCH3 is 2. The number of benzene rings is 1. The summed E-state index contributed by atoms with van der Waals surface area (Å²) >= 11 is 1.38. The summed E-state index contributed by atoms with van der Waals surface area (Å²) in [5.41, 5.74) is 1.20. The van der Waals surface area contributed by atoms with Crippen molar-refractivity contribution >= 4 is 29.8 Å². The SMILES string of the molecule is COC=C(C(=O)OC)C1=C(C)N2N=CN(c3ccccc3F)C2S1. The zero-order chi connectivity index (χ0) is 17.3. The van der Waals surface area contributed by atoms with Crippen LogP contribution in [0.2, 0.25) is 0 Å². The van der Waals surface area contributed by atoms with Gasteiger partial charge in [0.1, 0.15) is 17.7 Å². The molecular weight excluding hydrogens is 333 g/mol. The predicted octanol–water partition coefficient (Wildman–Crippen LogP) is 2.86. The summed E-state index contributed by atoms with van der Waals surface area (Å²) in [6.45, 7) is 1.84. The summed E-state index contributed by atoms with van der Waals surface area (Å²) in [7, 11) is 2.77. The zero-order valence-electron chi connectivity index (χ0n) is 13.4. The lowest BCUT2D eigenvalue weighted by molar-refractivity contribution is -0.135. The Morgan fingerprint density at radius 2 is 2.12 bits per heavy atom. The van der Waals surface area contributed by atoms with Crippen molar-refractivity contribution in [3.05, 3.63) is 52.5 Å². The average Bonchev–Trinajstić information content (AvgIpc) is 3.13. The first-order valence-corrected chi connectivity index (χ1v) is 8.01. The maximum absolute atomic E-state index is 14.1. The largest absolute Gasteiger partial charge is 0.503 e. The Kier molecular flexibility index (Phi) is 4.48. The lowest BCUT2D eigenvalue weighted by Crippen LogP contribution is -2.33. The van der Waals surface area contributed by atoms with Gasteiger partial charge < -0.3 is 9.47 Å². The molecule has 24 heavy (non-hydrogen) atoms. The Balaban J connectivity index is 1.93. The number of hydrogen-bond donors (Lipinski definition) is 0. The highest BCUT2D eigenvalue weighted by molar-refractivity contribution is 8.04. The van der Waals surface area contributed by atoms with Crippen LogP contribution in [0.4, 0.5) is 10.1 Å². The molecule has 2 aliphatic rings. The van der Waals surface area contributed by atoms with Gasteiger partial charge in [-0.3, -0.25) is 4.90 Å². The molecule has 0 spiro atoms. The lowest BCUT2D eigenvalue weighted by atomic mass is 10.2.